The normalized spacial score (nSPS) is 15.0. The zero-order valence-corrected chi connectivity index (χ0v) is 14.0. The number of rotatable bonds is 6. The summed E-state index contributed by atoms with van der Waals surface area (Å²) in [6, 6.07) is 7.61. The Morgan fingerprint density at radius 1 is 1.23 bits per heavy atom. The molecule has 0 saturated heterocycles. The molecule has 0 radical (unpaired) electrons. The first kappa shape index (κ1) is 18.7. The predicted molar refractivity (Wildman–Crippen MR) is 94.3 cm³/mol. The van der Waals surface area contributed by atoms with Gasteiger partial charge in [0.1, 0.15) is 0 Å². The highest BCUT2D eigenvalue weighted by Crippen LogP contribution is 2.25. The van der Waals surface area contributed by atoms with Crippen LogP contribution in [0.4, 0.5) is 0 Å². The number of nitrogens with two attached hydrogens (primary N) is 1. The Balaban J connectivity index is 0.00000242. The maximum absolute atomic E-state index is 12.7. The molecule has 3 nitrogen and oxygen atoms in total. The molecule has 0 atom stereocenters. The number of hydrogen-bond donors (Lipinski definition) is 1. The Morgan fingerprint density at radius 3 is 2.41 bits per heavy atom. The van der Waals surface area contributed by atoms with E-state index in [1.807, 2.05) is 35.2 Å². The summed E-state index contributed by atoms with van der Waals surface area (Å²) in [6.45, 7) is 5.76. The lowest BCUT2D eigenvalue weighted by atomic mass is 9.89. The molecule has 0 aromatic heterocycles. The van der Waals surface area contributed by atoms with Gasteiger partial charge in [-0.3, -0.25) is 4.79 Å². The number of halogens is 1. The molecule has 2 N–H and O–H groups in total. The minimum atomic E-state index is 0. The molecule has 0 spiro atoms. The first-order chi connectivity index (χ1) is 10.2. The maximum Gasteiger partial charge on any atom is 0.254 e. The highest BCUT2D eigenvalue weighted by molar-refractivity contribution is 5.94. The number of carbonyl (C=O) groups excluding carboxylic acids is 1. The lowest BCUT2D eigenvalue weighted by molar-refractivity contribution is 0.0735. The van der Waals surface area contributed by atoms with Crippen LogP contribution in [0.25, 0.3) is 0 Å². The largest absolute Gasteiger partial charge is 0.335 e. The summed E-state index contributed by atoms with van der Waals surface area (Å²) in [6.07, 6.45) is 8.24. The van der Waals surface area contributed by atoms with Crippen LogP contribution in [-0.2, 0) is 6.54 Å². The fourth-order valence-corrected chi connectivity index (χ4v) is 3.04. The molecule has 0 aliphatic heterocycles. The predicted octanol–water partition coefficient (Wildman–Crippen LogP) is 3.78. The lowest BCUT2D eigenvalue weighted by Crippen LogP contribution is -2.36. The van der Waals surface area contributed by atoms with Crippen molar-refractivity contribution in [3.63, 3.8) is 0 Å². The zero-order valence-electron chi connectivity index (χ0n) is 13.2. The number of hydrogen-bond acceptors (Lipinski definition) is 2. The van der Waals surface area contributed by atoms with Gasteiger partial charge in [0.05, 0.1) is 0 Å². The van der Waals surface area contributed by atoms with Gasteiger partial charge in [-0.1, -0.05) is 37.5 Å². The molecule has 2 rings (SSSR count). The van der Waals surface area contributed by atoms with Gasteiger partial charge in [0.15, 0.2) is 0 Å². The van der Waals surface area contributed by atoms with E-state index < -0.39 is 0 Å². The SMILES string of the molecule is C=CCN(CC1CCCCC1)C(=O)c1ccc(CN)cc1.Cl. The Kier molecular flexibility index (Phi) is 8.21. The van der Waals surface area contributed by atoms with Gasteiger partial charge in [-0.25, -0.2) is 0 Å². The molecule has 1 fully saturated rings. The Bertz CT molecular complexity index is 466. The fraction of sp³-hybridized carbons (Fsp3) is 0.500. The van der Waals surface area contributed by atoms with Crippen LogP contribution in [-0.4, -0.2) is 23.9 Å². The first-order valence-corrected chi connectivity index (χ1v) is 7.93. The van der Waals surface area contributed by atoms with Crippen LogP contribution in [0.3, 0.4) is 0 Å². The minimum absolute atomic E-state index is 0. The second kappa shape index (κ2) is 9.65. The Hall–Kier alpha value is -1.32. The second-order valence-electron chi connectivity index (χ2n) is 5.90. The number of benzene rings is 1. The van der Waals surface area contributed by atoms with Crippen molar-refractivity contribution < 1.29 is 4.79 Å². The molecular weight excluding hydrogens is 296 g/mol. The summed E-state index contributed by atoms with van der Waals surface area (Å²) in [5.41, 5.74) is 7.39. The van der Waals surface area contributed by atoms with E-state index in [1.165, 1.54) is 32.1 Å². The molecule has 4 heteroatoms. The van der Waals surface area contributed by atoms with E-state index in [-0.39, 0.29) is 18.3 Å². The molecule has 1 saturated carbocycles. The van der Waals surface area contributed by atoms with E-state index in [4.69, 9.17) is 5.73 Å². The van der Waals surface area contributed by atoms with Gasteiger partial charge in [-0.05, 0) is 36.5 Å². The van der Waals surface area contributed by atoms with Gasteiger partial charge in [0.2, 0.25) is 0 Å². The first-order valence-electron chi connectivity index (χ1n) is 7.93. The highest BCUT2D eigenvalue weighted by Gasteiger charge is 2.21. The quantitative estimate of drug-likeness (QED) is 0.810. The third kappa shape index (κ3) is 5.15. The van der Waals surface area contributed by atoms with Crippen molar-refractivity contribution in [2.45, 2.75) is 38.6 Å². The van der Waals surface area contributed by atoms with E-state index in [9.17, 15) is 4.79 Å². The van der Waals surface area contributed by atoms with Crippen molar-refractivity contribution in [3.05, 3.63) is 48.0 Å². The lowest BCUT2D eigenvalue weighted by Gasteiger charge is -2.29. The van der Waals surface area contributed by atoms with Crippen LogP contribution >= 0.6 is 12.4 Å². The zero-order chi connectivity index (χ0) is 15.1. The molecule has 1 aromatic carbocycles. The van der Waals surface area contributed by atoms with Crippen molar-refractivity contribution in [2.24, 2.45) is 11.7 Å². The Morgan fingerprint density at radius 2 is 1.86 bits per heavy atom. The van der Waals surface area contributed by atoms with Crippen molar-refractivity contribution >= 4 is 18.3 Å². The van der Waals surface area contributed by atoms with Crippen LogP contribution in [0, 0.1) is 5.92 Å². The molecule has 0 unspecified atom stereocenters. The number of amides is 1. The summed E-state index contributed by atoms with van der Waals surface area (Å²) < 4.78 is 0. The average molecular weight is 323 g/mol. The van der Waals surface area contributed by atoms with Gasteiger partial charge in [0.25, 0.3) is 5.91 Å². The summed E-state index contributed by atoms with van der Waals surface area (Å²) >= 11 is 0. The van der Waals surface area contributed by atoms with Gasteiger partial charge >= 0.3 is 0 Å². The van der Waals surface area contributed by atoms with Gasteiger partial charge in [-0.2, -0.15) is 0 Å². The van der Waals surface area contributed by atoms with Crippen molar-refractivity contribution in [1.29, 1.82) is 0 Å². The van der Waals surface area contributed by atoms with E-state index >= 15 is 0 Å². The van der Waals surface area contributed by atoms with Gasteiger partial charge < -0.3 is 10.6 Å². The van der Waals surface area contributed by atoms with E-state index in [1.54, 1.807) is 0 Å². The van der Waals surface area contributed by atoms with E-state index in [0.29, 0.717) is 19.0 Å². The number of nitrogens with zero attached hydrogens (tertiary/aromatic N) is 1. The molecule has 0 heterocycles. The van der Waals surface area contributed by atoms with Crippen LogP contribution in [0.5, 0.6) is 0 Å². The molecular formula is C18H27ClN2O. The summed E-state index contributed by atoms with van der Waals surface area (Å²) in [4.78, 5) is 14.6. The highest BCUT2D eigenvalue weighted by atomic mass is 35.5. The molecule has 1 amide bonds. The van der Waals surface area contributed by atoms with Crippen molar-refractivity contribution in [3.8, 4) is 0 Å². The van der Waals surface area contributed by atoms with Crippen LogP contribution in [0.15, 0.2) is 36.9 Å². The molecule has 1 aliphatic rings. The van der Waals surface area contributed by atoms with Crippen molar-refractivity contribution in [2.75, 3.05) is 13.1 Å². The van der Waals surface area contributed by atoms with Crippen LogP contribution in [0.2, 0.25) is 0 Å². The van der Waals surface area contributed by atoms with E-state index in [0.717, 1.165) is 17.7 Å². The summed E-state index contributed by atoms with van der Waals surface area (Å²) in [7, 11) is 0. The van der Waals surface area contributed by atoms with Gasteiger partial charge in [-0.15, -0.1) is 19.0 Å². The molecule has 122 valence electrons. The van der Waals surface area contributed by atoms with Crippen LogP contribution < -0.4 is 5.73 Å². The Labute approximate surface area is 140 Å². The molecule has 1 aromatic rings. The smallest absolute Gasteiger partial charge is 0.254 e. The minimum Gasteiger partial charge on any atom is -0.335 e. The average Bonchev–Trinajstić information content (AvgIpc) is 2.55. The third-order valence-electron chi connectivity index (χ3n) is 4.28. The molecule has 0 bridgehead atoms. The number of carbonyl (C=O) groups is 1. The second-order valence-corrected chi connectivity index (χ2v) is 5.90. The van der Waals surface area contributed by atoms with Crippen LogP contribution in [0.1, 0.15) is 48.0 Å². The fourth-order valence-electron chi connectivity index (χ4n) is 3.04. The van der Waals surface area contributed by atoms with Gasteiger partial charge in [0, 0.05) is 25.2 Å². The van der Waals surface area contributed by atoms with E-state index in [2.05, 4.69) is 6.58 Å². The van der Waals surface area contributed by atoms with Crippen molar-refractivity contribution in [1.82, 2.24) is 4.90 Å². The topological polar surface area (TPSA) is 46.3 Å². The monoisotopic (exact) mass is 322 g/mol. The summed E-state index contributed by atoms with van der Waals surface area (Å²) in [5.74, 6) is 0.745. The summed E-state index contributed by atoms with van der Waals surface area (Å²) in [5, 5.41) is 0. The standard InChI is InChI=1S/C18H26N2O.ClH/c1-2-12-20(14-16-6-4-3-5-7-16)18(21)17-10-8-15(13-19)9-11-17;/h2,8-11,16H,1,3-7,12-14,19H2;1H. The third-order valence-corrected chi connectivity index (χ3v) is 4.28. The molecule has 1 aliphatic carbocycles. The maximum atomic E-state index is 12.7. The molecule has 22 heavy (non-hydrogen) atoms.